The minimum Gasteiger partial charge on any atom is -0.497 e. The number of nitrogens with zero attached hydrogens (tertiary/aromatic N) is 3. The number of methoxy groups -OCH3 is 2. The van der Waals surface area contributed by atoms with Crippen LogP contribution in [-0.2, 0) is 11.2 Å². The van der Waals surface area contributed by atoms with E-state index in [0.29, 0.717) is 30.9 Å². The molecule has 0 saturated carbocycles. The summed E-state index contributed by atoms with van der Waals surface area (Å²) in [6.07, 6.45) is 4.87. The minimum atomic E-state index is -0.432. The van der Waals surface area contributed by atoms with Crippen molar-refractivity contribution in [2.24, 2.45) is 0 Å². The van der Waals surface area contributed by atoms with Crippen molar-refractivity contribution in [1.82, 2.24) is 15.3 Å². The van der Waals surface area contributed by atoms with Crippen molar-refractivity contribution < 1.29 is 23.5 Å². The zero-order chi connectivity index (χ0) is 26.7. The van der Waals surface area contributed by atoms with Gasteiger partial charge in [-0.15, -0.1) is 0 Å². The van der Waals surface area contributed by atoms with E-state index in [2.05, 4.69) is 29.4 Å². The molecule has 1 amide bonds. The van der Waals surface area contributed by atoms with Gasteiger partial charge in [-0.25, -0.2) is 9.97 Å². The number of amides is 1. The zero-order valence-electron chi connectivity index (χ0n) is 21.6. The number of nitrogen functional groups attached to an aromatic ring is 2. The molecule has 0 atom stereocenters. The summed E-state index contributed by atoms with van der Waals surface area (Å²) in [5.41, 5.74) is 12.1. The molecule has 10 nitrogen and oxygen atoms in total. The van der Waals surface area contributed by atoms with Crippen LogP contribution >= 0.6 is 11.6 Å². The number of ether oxygens (including phenoxy) is 2. The van der Waals surface area contributed by atoms with Gasteiger partial charge in [0.25, 0.3) is 5.91 Å². The van der Waals surface area contributed by atoms with E-state index in [1.165, 1.54) is 0 Å². The molecule has 198 valence electrons. The van der Waals surface area contributed by atoms with Crippen LogP contribution in [0, 0.1) is 0 Å². The fraction of sp³-hybridized carbons (Fsp3) is 0.520. The highest BCUT2D eigenvalue weighted by molar-refractivity contribution is 6.31. The lowest BCUT2D eigenvalue weighted by atomic mass is 10.0. The summed E-state index contributed by atoms with van der Waals surface area (Å²) in [5.74, 6) is 1.09. The molecule has 0 bridgehead atoms. The maximum atomic E-state index is 12.4. The fourth-order valence-electron chi connectivity index (χ4n) is 3.79. The number of likely N-dealkylation sites (N-methyl/N-ethyl adjacent to an activating group) is 1. The second kappa shape index (κ2) is 13.8. The molecule has 5 N–H and O–H groups in total. The Hall–Kier alpha value is -3.11. The second-order valence-electron chi connectivity index (χ2n) is 9.33. The summed E-state index contributed by atoms with van der Waals surface area (Å²) >= 11 is 5.84. The molecule has 2 rings (SSSR count). The third-order valence-electron chi connectivity index (χ3n) is 5.97. The van der Waals surface area contributed by atoms with Crippen molar-refractivity contribution in [3.8, 4) is 11.5 Å². The summed E-state index contributed by atoms with van der Waals surface area (Å²) in [6.45, 7) is 2.16. The number of aromatic nitrogens is 2. The van der Waals surface area contributed by atoms with Crippen LogP contribution in [0.2, 0.25) is 5.15 Å². The van der Waals surface area contributed by atoms with Crippen LogP contribution in [0.25, 0.3) is 0 Å². The number of carbonyl (C=O) groups excluding carboxylic acids is 2. The molecule has 0 aliphatic carbocycles. The van der Waals surface area contributed by atoms with Crippen molar-refractivity contribution in [2.45, 2.75) is 38.5 Å². The van der Waals surface area contributed by atoms with Crippen molar-refractivity contribution in [1.29, 1.82) is 0 Å². The number of nitrogens with two attached hydrogens (primary N) is 2. The molecule has 1 heterocycles. The van der Waals surface area contributed by atoms with Crippen LogP contribution in [0.3, 0.4) is 0 Å². The smallest absolute Gasteiger partial charge is 0.273 e. The standard InChI is InChI=1S/C25H37ClN6O4/c1-32(2,14-12-29-25(34)21-23(27)31-24(28)22(26)30-21)13-8-6-5-7-9-18(33)15-17-10-11-19(35-3)16-20(17)36-4/h10-11,16H,5-9,12-15H2,1-4H3,(H4-,27,28,29,31,34)/p+1. The number of hydrogen-bond acceptors (Lipinski definition) is 8. The molecular formula is C25H38ClN6O4+. The molecule has 1 aromatic carbocycles. The second-order valence-corrected chi connectivity index (χ2v) is 9.69. The van der Waals surface area contributed by atoms with Crippen LogP contribution in [-0.4, -0.2) is 74.1 Å². The van der Waals surface area contributed by atoms with Gasteiger partial charge in [-0.2, -0.15) is 0 Å². The number of unbranched alkanes of at least 4 members (excludes halogenated alkanes) is 3. The van der Waals surface area contributed by atoms with E-state index in [1.807, 2.05) is 12.1 Å². The van der Waals surface area contributed by atoms with E-state index in [0.717, 1.165) is 48.8 Å². The number of quaternary nitrogens is 1. The van der Waals surface area contributed by atoms with E-state index in [9.17, 15) is 9.59 Å². The van der Waals surface area contributed by atoms with Crippen LogP contribution in [0.1, 0.15) is 48.2 Å². The van der Waals surface area contributed by atoms with Crippen molar-refractivity contribution in [2.75, 3.05) is 59.4 Å². The number of anilines is 2. The SMILES string of the molecule is COc1ccc(CC(=O)CCCCCC[N+](C)(C)CCNC(=O)c2nc(Cl)c(N)nc2N)c(OC)c1. The van der Waals surface area contributed by atoms with Crippen molar-refractivity contribution in [3.63, 3.8) is 0 Å². The number of halogens is 1. The number of nitrogens with one attached hydrogen (secondary N) is 1. The van der Waals surface area contributed by atoms with Crippen LogP contribution in [0.5, 0.6) is 11.5 Å². The van der Waals surface area contributed by atoms with Gasteiger partial charge in [-0.05, 0) is 25.3 Å². The first-order valence-electron chi connectivity index (χ1n) is 12.0. The molecule has 2 aromatic rings. The molecule has 0 aliphatic heterocycles. The van der Waals surface area contributed by atoms with Gasteiger partial charge in [-0.3, -0.25) is 9.59 Å². The summed E-state index contributed by atoms with van der Waals surface area (Å²) in [6, 6.07) is 5.52. The van der Waals surface area contributed by atoms with Gasteiger partial charge in [0, 0.05) is 24.5 Å². The number of hydrogen-bond donors (Lipinski definition) is 3. The Labute approximate surface area is 217 Å². The predicted octanol–water partition coefficient (Wildman–Crippen LogP) is 2.88. The lowest BCUT2D eigenvalue weighted by molar-refractivity contribution is -0.889. The monoisotopic (exact) mass is 521 g/mol. The average molecular weight is 522 g/mol. The normalized spacial score (nSPS) is 11.2. The highest BCUT2D eigenvalue weighted by Crippen LogP contribution is 2.25. The Bertz CT molecular complexity index is 1050. The minimum absolute atomic E-state index is 0.00893. The maximum absolute atomic E-state index is 12.4. The summed E-state index contributed by atoms with van der Waals surface area (Å²) in [4.78, 5) is 32.5. The van der Waals surface area contributed by atoms with Gasteiger partial charge >= 0.3 is 0 Å². The Balaban J connectivity index is 1.64. The lowest BCUT2D eigenvalue weighted by Gasteiger charge is -2.30. The number of benzene rings is 1. The molecule has 0 unspecified atom stereocenters. The molecule has 0 aliphatic rings. The Morgan fingerprint density at radius 2 is 1.72 bits per heavy atom. The molecule has 0 radical (unpaired) electrons. The third-order valence-corrected chi connectivity index (χ3v) is 6.25. The summed E-state index contributed by atoms with van der Waals surface area (Å²) in [5, 5.41) is 2.76. The molecule has 36 heavy (non-hydrogen) atoms. The fourth-order valence-corrected chi connectivity index (χ4v) is 3.92. The molecule has 0 fully saturated rings. The van der Waals surface area contributed by atoms with E-state index in [1.54, 1.807) is 20.3 Å². The number of rotatable bonds is 15. The topological polar surface area (TPSA) is 142 Å². The first-order valence-corrected chi connectivity index (χ1v) is 12.4. The van der Waals surface area contributed by atoms with E-state index < -0.39 is 5.91 Å². The van der Waals surface area contributed by atoms with Crippen molar-refractivity contribution in [3.05, 3.63) is 34.6 Å². The molecule has 0 saturated heterocycles. The van der Waals surface area contributed by atoms with E-state index in [-0.39, 0.29) is 28.3 Å². The van der Waals surface area contributed by atoms with Gasteiger partial charge in [0.1, 0.15) is 17.3 Å². The van der Waals surface area contributed by atoms with Gasteiger partial charge in [-0.1, -0.05) is 24.1 Å². The lowest BCUT2D eigenvalue weighted by Crippen LogP contribution is -2.46. The van der Waals surface area contributed by atoms with Gasteiger partial charge in [0.2, 0.25) is 0 Å². The zero-order valence-corrected chi connectivity index (χ0v) is 22.4. The third kappa shape index (κ3) is 9.16. The van der Waals surface area contributed by atoms with E-state index in [4.69, 9.17) is 32.5 Å². The molecule has 0 spiro atoms. The highest BCUT2D eigenvalue weighted by atomic mass is 35.5. The van der Waals surface area contributed by atoms with Gasteiger partial charge in [0.15, 0.2) is 22.5 Å². The maximum Gasteiger partial charge on any atom is 0.273 e. The first kappa shape index (κ1) is 29.1. The van der Waals surface area contributed by atoms with Crippen LogP contribution in [0.15, 0.2) is 18.2 Å². The average Bonchev–Trinajstić information content (AvgIpc) is 2.83. The Morgan fingerprint density at radius 1 is 1.00 bits per heavy atom. The van der Waals surface area contributed by atoms with E-state index >= 15 is 0 Å². The summed E-state index contributed by atoms with van der Waals surface area (Å²) in [7, 11) is 7.43. The van der Waals surface area contributed by atoms with Gasteiger partial charge in [0.05, 0.1) is 47.9 Å². The largest absolute Gasteiger partial charge is 0.497 e. The summed E-state index contributed by atoms with van der Waals surface area (Å²) < 4.78 is 11.3. The molecule has 1 aromatic heterocycles. The molecule has 11 heteroatoms. The number of Topliss-reactive ketones (excluding diaryl/α,β-unsaturated/α-hetero) is 1. The van der Waals surface area contributed by atoms with Crippen LogP contribution in [0.4, 0.5) is 11.6 Å². The number of carbonyl (C=O) groups is 2. The van der Waals surface area contributed by atoms with Gasteiger partial charge < -0.3 is 30.7 Å². The van der Waals surface area contributed by atoms with Crippen molar-refractivity contribution >= 4 is 34.9 Å². The predicted molar refractivity (Wildman–Crippen MR) is 141 cm³/mol. The molecular weight excluding hydrogens is 484 g/mol. The highest BCUT2D eigenvalue weighted by Gasteiger charge is 2.18. The first-order chi connectivity index (χ1) is 17.1. The quantitative estimate of drug-likeness (QED) is 0.240. The Kier molecular flexibility index (Phi) is 11.2. The number of ketones is 1. The van der Waals surface area contributed by atoms with Crippen LogP contribution < -0.4 is 26.3 Å². The Morgan fingerprint density at radius 3 is 2.42 bits per heavy atom.